The molecule has 0 atom stereocenters. The second kappa shape index (κ2) is 7.03. The van der Waals surface area contributed by atoms with Crippen molar-refractivity contribution in [3.63, 3.8) is 0 Å². The van der Waals surface area contributed by atoms with Gasteiger partial charge in [0.2, 0.25) is 5.91 Å². The van der Waals surface area contributed by atoms with Crippen molar-refractivity contribution < 1.29 is 17.8 Å². The number of primary amides is 1. The maximum atomic E-state index is 10.5. The van der Waals surface area contributed by atoms with E-state index in [4.69, 9.17) is 10.3 Å². The summed E-state index contributed by atoms with van der Waals surface area (Å²) in [7, 11) is -4.02. The highest BCUT2D eigenvalue weighted by atomic mass is 32.2. The highest BCUT2D eigenvalue weighted by Gasteiger charge is 2.06. The number of rotatable bonds is 3. The van der Waals surface area contributed by atoms with E-state index in [1.54, 1.807) is 12.1 Å². The number of carbonyl (C=O) groups excluding carboxylic acids is 1. The van der Waals surface area contributed by atoms with Crippen LogP contribution in [0.1, 0.15) is 25.3 Å². The second-order valence-corrected chi connectivity index (χ2v) is 4.93. The second-order valence-electron chi connectivity index (χ2n) is 3.50. The van der Waals surface area contributed by atoms with E-state index >= 15 is 0 Å². The van der Waals surface area contributed by atoms with Gasteiger partial charge in [-0.05, 0) is 25.5 Å². The molecule has 0 radical (unpaired) electrons. The molecule has 0 saturated heterocycles. The van der Waals surface area contributed by atoms with Crippen molar-refractivity contribution in [2.24, 2.45) is 5.73 Å². The molecule has 17 heavy (non-hydrogen) atoms. The van der Waals surface area contributed by atoms with Crippen molar-refractivity contribution in [3.05, 3.63) is 29.8 Å². The van der Waals surface area contributed by atoms with Gasteiger partial charge in [0.15, 0.2) is 0 Å². The Kier molecular flexibility index (Phi) is 6.45. The molecule has 1 rings (SSSR count). The van der Waals surface area contributed by atoms with Crippen molar-refractivity contribution in [2.75, 3.05) is 0 Å². The summed E-state index contributed by atoms with van der Waals surface area (Å²) in [4.78, 5) is 9.75. The van der Waals surface area contributed by atoms with Crippen molar-refractivity contribution in [1.29, 1.82) is 0 Å². The molecule has 0 fully saturated rings. The zero-order valence-electron chi connectivity index (χ0n) is 9.88. The maximum absolute atomic E-state index is 10.5. The first-order valence-electron chi connectivity index (χ1n) is 5.09. The third-order valence-corrected chi connectivity index (χ3v) is 2.68. The van der Waals surface area contributed by atoms with Crippen LogP contribution in [0.2, 0.25) is 0 Å². The van der Waals surface area contributed by atoms with Crippen LogP contribution >= 0.6 is 0 Å². The fourth-order valence-electron chi connectivity index (χ4n) is 0.957. The van der Waals surface area contributed by atoms with Crippen LogP contribution in [0.4, 0.5) is 0 Å². The summed E-state index contributed by atoms with van der Waals surface area (Å²) < 4.78 is 29.6. The predicted molar refractivity (Wildman–Crippen MR) is 65.1 cm³/mol. The molecule has 96 valence electrons. The van der Waals surface area contributed by atoms with Crippen LogP contribution in [0.15, 0.2) is 29.2 Å². The Hall–Kier alpha value is -1.40. The number of amides is 1. The third kappa shape index (κ3) is 7.48. The lowest BCUT2D eigenvalue weighted by molar-refractivity contribution is -0.118. The van der Waals surface area contributed by atoms with Crippen LogP contribution in [0.3, 0.4) is 0 Å². The highest BCUT2D eigenvalue weighted by molar-refractivity contribution is 7.85. The fraction of sp³-hybridized carbons (Fsp3) is 0.364. The van der Waals surface area contributed by atoms with E-state index in [1.165, 1.54) is 12.1 Å². The molecule has 5 nitrogen and oxygen atoms in total. The molecule has 6 heteroatoms. The van der Waals surface area contributed by atoms with Gasteiger partial charge in [-0.25, -0.2) is 0 Å². The minimum Gasteiger partial charge on any atom is -0.370 e. The number of hydrogen-bond acceptors (Lipinski definition) is 3. The normalized spacial score (nSPS) is 10.3. The van der Waals surface area contributed by atoms with Crippen LogP contribution in [-0.4, -0.2) is 18.9 Å². The molecule has 0 heterocycles. The third-order valence-electron chi connectivity index (χ3n) is 1.82. The summed E-state index contributed by atoms with van der Waals surface area (Å²) in [6.45, 7) is 3.76. The van der Waals surface area contributed by atoms with Gasteiger partial charge >= 0.3 is 0 Å². The van der Waals surface area contributed by atoms with E-state index in [9.17, 15) is 13.2 Å². The monoisotopic (exact) mass is 259 g/mol. The minimum absolute atomic E-state index is 0.0666. The zero-order valence-corrected chi connectivity index (χ0v) is 10.7. The summed E-state index contributed by atoms with van der Waals surface area (Å²) in [5.74, 6) is -0.211. The van der Waals surface area contributed by atoms with Crippen molar-refractivity contribution in [1.82, 2.24) is 0 Å². The lowest BCUT2D eigenvalue weighted by Gasteiger charge is -1.95. The minimum atomic E-state index is -4.02. The molecule has 0 bridgehead atoms. The SMILES string of the molecule is CCCC(N)=O.Cc1ccc(S(=O)(=O)O)cc1. The lowest BCUT2D eigenvalue weighted by atomic mass is 10.2. The van der Waals surface area contributed by atoms with Gasteiger partial charge in [0.25, 0.3) is 10.1 Å². The quantitative estimate of drug-likeness (QED) is 0.804. The Labute approximate surface area is 101 Å². The van der Waals surface area contributed by atoms with Crippen LogP contribution in [0.5, 0.6) is 0 Å². The van der Waals surface area contributed by atoms with E-state index in [-0.39, 0.29) is 10.8 Å². The van der Waals surface area contributed by atoms with Gasteiger partial charge in [-0.3, -0.25) is 9.35 Å². The number of nitrogens with two attached hydrogens (primary N) is 1. The van der Waals surface area contributed by atoms with Crippen molar-refractivity contribution in [3.8, 4) is 0 Å². The summed E-state index contributed by atoms with van der Waals surface area (Å²) >= 11 is 0. The molecule has 0 aliphatic rings. The molecular formula is C11H17NO4S. The van der Waals surface area contributed by atoms with E-state index in [0.717, 1.165) is 12.0 Å². The Morgan fingerprint density at radius 3 is 2.00 bits per heavy atom. The first-order chi connectivity index (χ1) is 7.77. The standard InChI is InChI=1S/C7H8O3S.C4H9NO/c1-6-2-4-7(5-3-6)11(8,9)10;1-2-3-4(5)6/h2-5H,1H3,(H,8,9,10);2-3H2,1H3,(H2,5,6). The lowest BCUT2D eigenvalue weighted by Crippen LogP contribution is -2.08. The van der Waals surface area contributed by atoms with Crippen LogP contribution in [0, 0.1) is 6.92 Å². The fourth-order valence-corrected chi connectivity index (χ4v) is 1.44. The molecule has 0 saturated carbocycles. The predicted octanol–water partition coefficient (Wildman–Crippen LogP) is 1.51. The van der Waals surface area contributed by atoms with Crippen LogP contribution in [-0.2, 0) is 14.9 Å². The van der Waals surface area contributed by atoms with Gasteiger partial charge in [0, 0.05) is 6.42 Å². The van der Waals surface area contributed by atoms with E-state index < -0.39 is 10.1 Å². The summed E-state index contributed by atoms with van der Waals surface area (Å²) in [6.07, 6.45) is 1.37. The van der Waals surface area contributed by atoms with Crippen LogP contribution < -0.4 is 5.73 Å². The molecule has 0 aliphatic heterocycles. The number of carbonyl (C=O) groups is 1. The topological polar surface area (TPSA) is 97.5 Å². The average Bonchev–Trinajstić information content (AvgIpc) is 2.17. The summed E-state index contributed by atoms with van der Waals surface area (Å²) in [5.41, 5.74) is 5.72. The van der Waals surface area contributed by atoms with Gasteiger partial charge in [0.1, 0.15) is 0 Å². The Morgan fingerprint density at radius 2 is 1.76 bits per heavy atom. The Bertz CT molecular complexity index is 451. The van der Waals surface area contributed by atoms with E-state index in [1.807, 2.05) is 13.8 Å². The molecule has 0 aromatic heterocycles. The average molecular weight is 259 g/mol. The smallest absolute Gasteiger partial charge is 0.294 e. The van der Waals surface area contributed by atoms with Gasteiger partial charge in [-0.2, -0.15) is 8.42 Å². The maximum Gasteiger partial charge on any atom is 0.294 e. The Morgan fingerprint density at radius 1 is 1.29 bits per heavy atom. The molecule has 1 amide bonds. The first-order valence-corrected chi connectivity index (χ1v) is 6.53. The van der Waals surface area contributed by atoms with Gasteiger partial charge in [0.05, 0.1) is 4.90 Å². The van der Waals surface area contributed by atoms with E-state index in [2.05, 4.69) is 0 Å². The Balaban J connectivity index is 0.000000366. The molecular weight excluding hydrogens is 242 g/mol. The summed E-state index contributed by atoms with van der Waals surface area (Å²) in [5, 5.41) is 0. The first kappa shape index (κ1) is 15.6. The van der Waals surface area contributed by atoms with Crippen molar-refractivity contribution in [2.45, 2.75) is 31.6 Å². The summed E-state index contributed by atoms with van der Waals surface area (Å²) in [6, 6.07) is 5.99. The molecule has 0 aliphatic carbocycles. The van der Waals surface area contributed by atoms with Crippen molar-refractivity contribution >= 4 is 16.0 Å². The highest BCUT2D eigenvalue weighted by Crippen LogP contribution is 2.08. The molecule has 0 spiro atoms. The molecule has 0 unspecified atom stereocenters. The van der Waals surface area contributed by atoms with Gasteiger partial charge in [-0.15, -0.1) is 0 Å². The largest absolute Gasteiger partial charge is 0.370 e. The number of hydrogen-bond donors (Lipinski definition) is 2. The van der Waals surface area contributed by atoms with E-state index in [0.29, 0.717) is 6.42 Å². The number of aryl methyl sites for hydroxylation is 1. The van der Waals surface area contributed by atoms with Crippen LogP contribution in [0.25, 0.3) is 0 Å². The molecule has 1 aromatic rings. The van der Waals surface area contributed by atoms with Gasteiger partial charge in [-0.1, -0.05) is 24.6 Å². The number of benzene rings is 1. The van der Waals surface area contributed by atoms with Gasteiger partial charge < -0.3 is 5.73 Å². The molecule has 1 aromatic carbocycles. The molecule has 3 N–H and O–H groups in total. The zero-order chi connectivity index (χ0) is 13.5.